The highest BCUT2D eigenvalue weighted by atomic mass is 32.1. The lowest BCUT2D eigenvalue weighted by Crippen LogP contribution is -2.42. The first-order valence-corrected chi connectivity index (χ1v) is 20.3. The molecule has 57 heavy (non-hydrogen) atoms. The maximum atomic E-state index is 13.9. The van der Waals surface area contributed by atoms with Gasteiger partial charge in [-0.25, -0.2) is 9.59 Å². The van der Waals surface area contributed by atoms with E-state index < -0.39 is 30.4 Å². The van der Waals surface area contributed by atoms with E-state index in [0.717, 1.165) is 78.5 Å². The molecule has 3 amide bonds. The highest BCUT2D eigenvalue weighted by Crippen LogP contribution is 2.39. The number of aromatic carboxylic acids is 1. The van der Waals surface area contributed by atoms with Crippen LogP contribution in [0.15, 0.2) is 72.8 Å². The zero-order valence-electron chi connectivity index (χ0n) is 32.8. The summed E-state index contributed by atoms with van der Waals surface area (Å²) in [5.74, 6) is -3.43. The number of rotatable bonds is 19. The summed E-state index contributed by atoms with van der Waals surface area (Å²) in [4.78, 5) is 67.3. The fourth-order valence-corrected chi connectivity index (χ4v) is 8.46. The van der Waals surface area contributed by atoms with Crippen LogP contribution >= 0.6 is 11.3 Å². The van der Waals surface area contributed by atoms with Crippen LogP contribution in [0.4, 0.5) is 10.7 Å². The van der Waals surface area contributed by atoms with Crippen molar-refractivity contribution in [2.24, 2.45) is 0 Å². The molecule has 0 aliphatic heterocycles. The van der Waals surface area contributed by atoms with Crippen molar-refractivity contribution in [3.8, 4) is 0 Å². The Hall–Kier alpha value is -5.37. The number of hydrogen-bond acceptors (Lipinski definition) is 8. The predicted octanol–water partition coefficient (Wildman–Crippen LogP) is 6.90. The van der Waals surface area contributed by atoms with Crippen molar-refractivity contribution in [3.63, 3.8) is 0 Å². The van der Waals surface area contributed by atoms with Gasteiger partial charge >= 0.3 is 11.9 Å². The van der Waals surface area contributed by atoms with Crippen LogP contribution in [-0.4, -0.2) is 87.1 Å². The summed E-state index contributed by atoms with van der Waals surface area (Å²) in [6.07, 6.45) is 4.62. The minimum Gasteiger partial charge on any atom is -0.479 e. The molecule has 0 saturated heterocycles. The van der Waals surface area contributed by atoms with Crippen LogP contribution in [0.25, 0.3) is 0 Å². The van der Waals surface area contributed by atoms with Gasteiger partial charge in [-0.3, -0.25) is 19.3 Å². The Labute approximate surface area is 337 Å². The van der Waals surface area contributed by atoms with Crippen molar-refractivity contribution in [2.45, 2.75) is 90.3 Å². The summed E-state index contributed by atoms with van der Waals surface area (Å²) in [6, 6.07) is 22.1. The fraction of sp³-hybridized carbons (Fsp3) is 0.386. The van der Waals surface area contributed by atoms with Crippen LogP contribution in [0, 0.1) is 0 Å². The molecule has 0 bridgehead atoms. The van der Waals surface area contributed by atoms with E-state index in [9.17, 15) is 29.1 Å². The standard InChI is InChI=1S/C44H52N4O8S/c1-4-34(5-2)48(24-23-47(3)38(50)26-36(49)44(55)56)27-30-9-8-10-32(25-30)40(51)46-42-39(35-11-6-7-12-37(35)57-42)41(52)45-33-21-17-29(18-22-33)14-13-28-15-19-31(20-16-28)43(53)54/h8-10,15-22,25,34,36,49H,4-7,11-14,23-24,26-27H2,1-3H3,(H,45,52)(H,46,51)(H,53,54)(H,55,56)/t36-/m0/s1. The van der Waals surface area contributed by atoms with Gasteiger partial charge in [-0.05, 0) is 110 Å². The normalized spacial score (nSPS) is 12.9. The van der Waals surface area contributed by atoms with Gasteiger partial charge in [0.15, 0.2) is 6.10 Å². The first kappa shape index (κ1) is 42.8. The average Bonchev–Trinajstić information content (AvgIpc) is 3.57. The second-order valence-corrected chi connectivity index (χ2v) is 15.6. The highest BCUT2D eigenvalue weighted by Gasteiger charge is 2.27. The zero-order chi connectivity index (χ0) is 41.1. The zero-order valence-corrected chi connectivity index (χ0v) is 33.6. The minimum absolute atomic E-state index is 0.204. The van der Waals surface area contributed by atoms with Crippen LogP contribution in [-0.2, 0) is 41.8 Å². The number of hydrogen-bond donors (Lipinski definition) is 5. The number of aliphatic hydroxyl groups is 1. The molecule has 1 heterocycles. The summed E-state index contributed by atoms with van der Waals surface area (Å²) < 4.78 is 0. The number of carbonyl (C=O) groups excluding carboxylic acids is 3. The number of aliphatic hydroxyl groups excluding tert-OH is 1. The number of amides is 3. The molecular weight excluding hydrogens is 745 g/mol. The van der Waals surface area contributed by atoms with E-state index in [1.165, 1.54) is 16.2 Å². The van der Waals surface area contributed by atoms with Crippen molar-refractivity contribution >= 4 is 51.7 Å². The van der Waals surface area contributed by atoms with Crippen molar-refractivity contribution in [3.05, 3.63) is 117 Å². The Kier molecular flexibility index (Phi) is 15.1. The van der Waals surface area contributed by atoms with Crippen LogP contribution in [0.3, 0.4) is 0 Å². The van der Waals surface area contributed by atoms with Gasteiger partial charge in [-0.15, -0.1) is 11.3 Å². The van der Waals surface area contributed by atoms with E-state index in [1.54, 1.807) is 25.2 Å². The second-order valence-electron chi connectivity index (χ2n) is 14.5. The third-order valence-electron chi connectivity index (χ3n) is 10.6. The molecule has 12 nitrogen and oxygen atoms in total. The van der Waals surface area contributed by atoms with Crippen LogP contribution in [0.5, 0.6) is 0 Å². The number of carbonyl (C=O) groups is 5. The SMILES string of the molecule is CCC(CC)N(CCN(C)C(=O)C[C@H](O)C(=O)O)Cc1cccc(C(=O)Nc2sc3c(c2C(=O)Nc2ccc(CCc4ccc(C(=O)O)cc4)cc2)CCCC3)c1. The lowest BCUT2D eigenvalue weighted by Gasteiger charge is -2.32. The van der Waals surface area contributed by atoms with E-state index in [1.807, 2.05) is 54.6 Å². The smallest absolute Gasteiger partial charge is 0.335 e. The van der Waals surface area contributed by atoms with Gasteiger partial charge in [0, 0.05) is 48.9 Å². The van der Waals surface area contributed by atoms with Crippen LogP contribution in [0.1, 0.15) is 104 Å². The summed E-state index contributed by atoms with van der Waals surface area (Å²) in [6.45, 7) is 5.57. The van der Waals surface area contributed by atoms with Crippen LogP contribution < -0.4 is 10.6 Å². The Morgan fingerprint density at radius 2 is 1.42 bits per heavy atom. The van der Waals surface area contributed by atoms with Gasteiger partial charge in [-0.1, -0.05) is 50.2 Å². The van der Waals surface area contributed by atoms with Gasteiger partial charge in [0.1, 0.15) is 5.00 Å². The molecule has 302 valence electrons. The summed E-state index contributed by atoms with van der Waals surface area (Å²) in [5, 5.41) is 34.4. The van der Waals surface area contributed by atoms with Gasteiger partial charge in [0.05, 0.1) is 17.5 Å². The number of nitrogens with zero attached hydrogens (tertiary/aromatic N) is 2. The molecule has 0 radical (unpaired) electrons. The Morgan fingerprint density at radius 1 is 0.772 bits per heavy atom. The third-order valence-corrected chi connectivity index (χ3v) is 11.8. The molecule has 4 aromatic rings. The molecule has 13 heteroatoms. The monoisotopic (exact) mass is 796 g/mol. The quantitative estimate of drug-likeness (QED) is 0.0676. The van der Waals surface area contributed by atoms with E-state index in [2.05, 4.69) is 29.4 Å². The first-order chi connectivity index (χ1) is 27.4. The van der Waals surface area contributed by atoms with E-state index in [-0.39, 0.29) is 23.4 Å². The molecule has 1 aliphatic carbocycles. The number of thiophene rings is 1. The number of likely N-dealkylation sites (N-methyl/N-ethyl adjacent to an activating group) is 1. The fourth-order valence-electron chi connectivity index (χ4n) is 7.17. The topological polar surface area (TPSA) is 177 Å². The molecule has 0 fully saturated rings. The summed E-state index contributed by atoms with van der Waals surface area (Å²) >= 11 is 1.46. The molecule has 5 rings (SSSR count). The minimum atomic E-state index is -1.75. The number of fused-ring (bicyclic) bond motifs is 1. The molecule has 1 aromatic heterocycles. The number of nitrogens with one attached hydrogen (secondary N) is 2. The van der Waals surface area contributed by atoms with Gasteiger partial charge in [0.2, 0.25) is 5.91 Å². The number of anilines is 2. The van der Waals surface area contributed by atoms with Crippen LogP contribution in [0.2, 0.25) is 0 Å². The van der Waals surface area contributed by atoms with Gasteiger partial charge < -0.3 is 30.9 Å². The van der Waals surface area contributed by atoms with Crippen molar-refractivity contribution in [1.29, 1.82) is 0 Å². The number of aliphatic carboxylic acids is 1. The lowest BCUT2D eigenvalue weighted by atomic mass is 9.95. The Morgan fingerprint density at radius 3 is 2.05 bits per heavy atom. The molecule has 3 aromatic carbocycles. The number of carboxylic acids is 2. The largest absolute Gasteiger partial charge is 0.479 e. The predicted molar refractivity (Wildman–Crippen MR) is 221 cm³/mol. The molecule has 5 N–H and O–H groups in total. The highest BCUT2D eigenvalue weighted by molar-refractivity contribution is 7.17. The van der Waals surface area contributed by atoms with Crippen molar-refractivity contribution in [1.82, 2.24) is 9.80 Å². The number of carboxylic acid groups (broad SMARTS) is 2. The lowest BCUT2D eigenvalue weighted by molar-refractivity contribution is -0.150. The Balaban J connectivity index is 1.25. The average molecular weight is 797 g/mol. The molecule has 0 spiro atoms. The van der Waals surface area contributed by atoms with Crippen molar-refractivity contribution in [2.75, 3.05) is 30.8 Å². The molecule has 0 saturated carbocycles. The Bertz CT molecular complexity index is 2040. The first-order valence-electron chi connectivity index (χ1n) is 19.5. The van der Waals surface area contributed by atoms with E-state index in [4.69, 9.17) is 10.2 Å². The number of aryl methyl sites for hydroxylation is 3. The van der Waals surface area contributed by atoms with Gasteiger partial charge in [0.25, 0.3) is 11.8 Å². The summed E-state index contributed by atoms with van der Waals surface area (Å²) in [7, 11) is 1.59. The van der Waals surface area contributed by atoms with Gasteiger partial charge in [-0.2, -0.15) is 0 Å². The molecule has 1 aliphatic rings. The molecule has 1 atom stereocenters. The number of benzene rings is 3. The van der Waals surface area contributed by atoms with Crippen molar-refractivity contribution < 1.29 is 39.3 Å². The maximum absolute atomic E-state index is 13.9. The summed E-state index contributed by atoms with van der Waals surface area (Å²) in [5.41, 5.74) is 5.88. The maximum Gasteiger partial charge on any atom is 0.335 e. The second kappa shape index (κ2) is 20.2. The molecule has 0 unspecified atom stereocenters. The van der Waals surface area contributed by atoms with E-state index in [0.29, 0.717) is 41.4 Å². The molecular formula is C44H52N4O8S. The van der Waals surface area contributed by atoms with E-state index >= 15 is 0 Å². The third kappa shape index (κ3) is 11.6.